The lowest BCUT2D eigenvalue weighted by molar-refractivity contribution is -0.255. The molecular weight excluding hydrogens is 268 g/mol. The number of halogens is 1. The number of hydrogen-bond donors (Lipinski definition) is 1. The Morgan fingerprint density at radius 1 is 1.42 bits per heavy atom. The Labute approximate surface area is 114 Å². The second kappa shape index (κ2) is 5.58. The lowest BCUT2D eigenvalue weighted by Crippen LogP contribution is -2.22. The van der Waals surface area contributed by atoms with E-state index in [1.54, 1.807) is 31.4 Å². The summed E-state index contributed by atoms with van der Waals surface area (Å²) in [6, 6.07) is 7.97. The van der Waals surface area contributed by atoms with Gasteiger partial charge in [0.1, 0.15) is 11.5 Å². The van der Waals surface area contributed by atoms with Gasteiger partial charge >= 0.3 is 0 Å². The maximum absolute atomic E-state index is 10.8. The van der Waals surface area contributed by atoms with Crippen LogP contribution in [0, 0.1) is 0 Å². The first-order chi connectivity index (χ1) is 9.08. The summed E-state index contributed by atoms with van der Waals surface area (Å²) in [5.41, 5.74) is 3.78. The standard InChI is InChI=1S/C13H11ClN2O3/c1-8(12-3-2-6-19-12)15-16-9-4-5-11(14)10(7-9)13(17)18/h2-7,16H,1H3,(H,17,18)/p-1/b15-8-. The van der Waals surface area contributed by atoms with E-state index in [-0.39, 0.29) is 10.6 Å². The zero-order valence-electron chi connectivity index (χ0n) is 10.0. The number of carboxylic acid groups (broad SMARTS) is 1. The average Bonchev–Trinajstić information content (AvgIpc) is 2.91. The molecule has 2 aromatic rings. The average molecular weight is 278 g/mol. The van der Waals surface area contributed by atoms with Gasteiger partial charge in [-0.05, 0) is 37.3 Å². The van der Waals surface area contributed by atoms with Gasteiger partial charge in [0.15, 0.2) is 0 Å². The fraction of sp³-hybridized carbons (Fsp3) is 0.0769. The van der Waals surface area contributed by atoms with E-state index < -0.39 is 5.97 Å². The predicted molar refractivity (Wildman–Crippen MR) is 70.3 cm³/mol. The molecule has 0 amide bonds. The summed E-state index contributed by atoms with van der Waals surface area (Å²) >= 11 is 5.74. The summed E-state index contributed by atoms with van der Waals surface area (Å²) in [6.07, 6.45) is 1.55. The molecule has 5 nitrogen and oxygen atoms in total. The van der Waals surface area contributed by atoms with Crippen molar-refractivity contribution in [2.45, 2.75) is 6.92 Å². The van der Waals surface area contributed by atoms with Crippen molar-refractivity contribution in [3.8, 4) is 0 Å². The number of hydrogen-bond acceptors (Lipinski definition) is 5. The molecule has 0 atom stereocenters. The van der Waals surface area contributed by atoms with Gasteiger partial charge in [-0.2, -0.15) is 5.10 Å². The molecule has 1 N–H and O–H groups in total. The van der Waals surface area contributed by atoms with Gasteiger partial charge in [-0.3, -0.25) is 5.43 Å². The number of hydrazone groups is 1. The Kier molecular flexibility index (Phi) is 3.87. The van der Waals surface area contributed by atoms with E-state index in [4.69, 9.17) is 16.0 Å². The normalized spacial score (nSPS) is 11.4. The molecule has 2 rings (SSSR count). The highest BCUT2D eigenvalue weighted by Gasteiger charge is 2.03. The molecule has 0 bridgehead atoms. The van der Waals surface area contributed by atoms with Crippen molar-refractivity contribution in [2.75, 3.05) is 5.43 Å². The number of nitrogens with one attached hydrogen (secondary N) is 1. The summed E-state index contributed by atoms with van der Waals surface area (Å²) in [6.45, 7) is 1.77. The van der Waals surface area contributed by atoms with Gasteiger partial charge < -0.3 is 14.3 Å². The number of furan rings is 1. The minimum Gasteiger partial charge on any atom is -0.545 e. The Hall–Kier alpha value is -2.27. The van der Waals surface area contributed by atoms with Crippen LogP contribution in [0.4, 0.5) is 5.69 Å². The van der Waals surface area contributed by atoms with E-state index in [0.29, 0.717) is 17.2 Å². The zero-order chi connectivity index (χ0) is 13.8. The van der Waals surface area contributed by atoms with Crippen LogP contribution in [0.5, 0.6) is 0 Å². The molecular formula is C13H10ClN2O3-. The van der Waals surface area contributed by atoms with Crippen molar-refractivity contribution in [3.63, 3.8) is 0 Å². The fourth-order valence-electron chi connectivity index (χ4n) is 1.44. The van der Waals surface area contributed by atoms with E-state index in [9.17, 15) is 9.90 Å². The number of aromatic carboxylic acids is 1. The van der Waals surface area contributed by atoms with Crippen molar-refractivity contribution >= 4 is 29.0 Å². The highest BCUT2D eigenvalue weighted by atomic mass is 35.5. The second-order valence-electron chi connectivity index (χ2n) is 3.77. The summed E-state index contributed by atoms with van der Waals surface area (Å²) in [4.78, 5) is 10.8. The third-order valence-electron chi connectivity index (χ3n) is 2.42. The van der Waals surface area contributed by atoms with E-state index in [0.717, 1.165) is 0 Å². The Morgan fingerprint density at radius 2 is 2.21 bits per heavy atom. The van der Waals surface area contributed by atoms with Crippen molar-refractivity contribution < 1.29 is 14.3 Å². The first-order valence-electron chi connectivity index (χ1n) is 5.43. The third-order valence-corrected chi connectivity index (χ3v) is 2.75. The lowest BCUT2D eigenvalue weighted by Gasteiger charge is -2.08. The van der Waals surface area contributed by atoms with Gasteiger partial charge in [0.2, 0.25) is 0 Å². The van der Waals surface area contributed by atoms with E-state index >= 15 is 0 Å². The number of nitrogens with zero attached hydrogens (tertiary/aromatic N) is 1. The van der Waals surface area contributed by atoms with Gasteiger partial charge in [0.25, 0.3) is 0 Å². The lowest BCUT2D eigenvalue weighted by atomic mass is 10.2. The minimum atomic E-state index is -1.33. The van der Waals surface area contributed by atoms with Gasteiger partial charge in [0, 0.05) is 10.6 Å². The van der Waals surface area contributed by atoms with E-state index in [1.165, 1.54) is 12.1 Å². The number of anilines is 1. The third kappa shape index (κ3) is 3.14. The molecule has 0 aliphatic heterocycles. The number of carbonyl (C=O) groups is 1. The van der Waals surface area contributed by atoms with Gasteiger partial charge in [0.05, 0.1) is 17.9 Å². The smallest absolute Gasteiger partial charge is 0.149 e. The summed E-state index contributed by atoms with van der Waals surface area (Å²) in [5.74, 6) is -0.707. The highest BCUT2D eigenvalue weighted by molar-refractivity contribution is 6.33. The molecule has 0 radical (unpaired) electrons. The quantitative estimate of drug-likeness (QED) is 0.686. The number of carboxylic acids is 1. The van der Waals surface area contributed by atoms with Gasteiger partial charge in [-0.1, -0.05) is 11.6 Å². The van der Waals surface area contributed by atoms with Crippen LogP contribution in [0.3, 0.4) is 0 Å². The van der Waals surface area contributed by atoms with Crippen LogP contribution in [0.25, 0.3) is 0 Å². The van der Waals surface area contributed by atoms with Crippen molar-refractivity contribution in [1.29, 1.82) is 0 Å². The van der Waals surface area contributed by atoms with E-state index in [1.807, 2.05) is 0 Å². The first-order valence-corrected chi connectivity index (χ1v) is 5.81. The molecule has 1 aromatic carbocycles. The van der Waals surface area contributed by atoms with Crippen molar-refractivity contribution in [2.24, 2.45) is 5.10 Å². The second-order valence-corrected chi connectivity index (χ2v) is 4.18. The van der Waals surface area contributed by atoms with Crippen LogP contribution in [-0.2, 0) is 0 Å². The molecule has 0 aliphatic carbocycles. The predicted octanol–water partition coefficient (Wildman–Crippen LogP) is 2.13. The molecule has 19 heavy (non-hydrogen) atoms. The molecule has 0 aliphatic rings. The molecule has 98 valence electrons. The molecule has 0 unspecified atom stereocenters. The maximum atomic E-state index is 10.8. The van der Waals surface area contributed by atoms with Crippen LogP contribution in [-0.4, -0.2) is 11.7 Å². The molecule has 0 saturated carbocycles. The van der Waals surface area contributed by atoms with Gasteiger partial charge in [-0.15, -0.1) is 0 Å². The summed E-state index contributed by atoms with van der Waals surface area (Å²) in [5, 5.41) is 15.0. The zero-order valence-corrected chi connectivity index (χ0v) is 10.8. The Morgan fingerprint density at radius 3 is 2.84 bits per heavy atom. The number of benzene rings is 1. The van der Waals surface area contributed by atoms with Gasteiger partial charge in [-0.25, -0.2) is 0 Å². The van der Waals surface area contributed by atoms with Crippen LogP contribution in [0.2, 0.25) is 5.02 Å². The molecule has 0 spiro atoms. The van der Waals surface area contributed by atoms with Crippen molar-refractivity contribution in [1.82, 2.24) is 0 Å². The van der Waals surface area contributed by atoms with Crippen LogP contribution in [0.1, 0.15) is 23.0 Å². The van der Waals surface area contributed by atoms with Crippen molar-refractivity contribution in [3.05, 3.63) is 52.9 Å². The van der Waals surface area contributed by atoms with Crippen LogP contribution < -0.4 is 10.5 Å². The number of rotatable bonds is 4. The molecule has 6 heteroatoms. The Bertz CT molecular complexity index is 621. The SMILES string of the molecule is C/C(=N/Nc1ccc(Cl)c(C(=O)[O-])c1)c1ccco1. The van der Waals surface area contributed by atoms with Crippen LogP contribution >= 0.6 is 11.6 Å². The Balaban J connectivity index is 2.18. The summed E-state index contributed by atoms with van der Waals surface area (Å²) in [7, 11) is 0. The topological polar surface area (TPSA) is 77.7 Å². The molecule has 0 saturated heterocycles. The van der Waals surface area contributed by atoms with Crippen LogP contribution in [0.15, 0.2) is 46.1 Å². The largest absolute Gasteiger partial charge is 0.545 e. The highest BCUT2D eigenvalue weighted by Crippen LogP contribution is 2.20. The molecule has 0 fully saturated rings. The number of carbonyl (C=O) groups excluding carboxylic acids is 1. The summed E-state index contributed by atoms with van der Waals surface area (Å²) < 4.78 is 5.17. The van der Waals surface area contributed by atoms with E-state index in [2.05, 4.69) is 10.5 Å². The minimum absolute atomic E-state index is 0.0856. The molecule has 1 heterocycles. The molecule has 1 aromatic heterocycles. The fourth-order valence-corrected chi connectivity index (χ4v) is 1.63. The monoisotopic (exact) mass is 277 g/mol. The maximum Gasteiger partial charge on any atom is 0.149 e. The first kappa shape index (κ1) is 13.2.